The van der Waals surface area contributed by atoms with E-state index in [1.54, 1.807) is 61.6 Å². The maximum atomic E-state index is 14.2. The summed E-state index contributed by atoms with van der Waals surface area (Å²) in [5.41, 5.74) is 2.36. The molecule has 0 atom stereocenters. The van der Waals surface area contributed by atoms with Crippen molar-refractivity contribution >= 4 is 63.5 Å². The predicted octanol–water partition coefficient (Wildman–Crippen LogP) is 6.40. The molecule has 1 saturated heterocycles. The van der Waals surface area contributed by atoms with Gasteiger partial charge in [-0.05, 0) is 68.1 Å². The Morgan fingerprint density at radius 3 is 1.80 bits per heavy atom. The van der Waals surface area contributed by atoms with Crippen LogP contribution in [0.4, 0.5) is 11.4 Å². The van der Waals surface area contributed by atoms with Gasteiger partial charge in [0.05, 0.1) is 27.7 Å². The highest BCUT2D eigenvalue weighted by Gasteiger charge is 2.39. The van der Waals surface area contributed by atoms with Gasteiger partial charge >= 0.3 is 0 Å². The first kappa shape index (κ1) is 29.6. The number of carbonyl (C=O) groups excluding carboxylic acids is 1. The zero-order valence-electron chi connectivity index (χ0n) is 24.2. The molecule has 0 saturated carbocycles. The van der Waals surface area contributed by atoms with Crippen molar-refractivity contribution in [1.29, 1.82) is 0 Å². The number of aromatic nitrogens is 4. The Hall–Kier alpha value is -4.51. The summed E-state index contributed by atoms with van der Waals surface area (Å²) in [6.07, 6.45) is 1.58. The lowest BCUT2D eigenvalue weighted by Gasteiger charge is -2.13. The minimum atomic E-state index is -0.493. The van der Waals surface area contributed by atoms with Crippen LogP contribution in [0.5, 0.6) is 0 Å². The second-order valence-electron chi connectivity index (χ2n) is 10.1. The van der Waals surface area contributed by atoms with Crippen LogP contribution < -0.4 is 16.0 Å². The fourth-order valence-electron chi connectivity index (χ4n) is 5.12. The number of halogens is 2. The van der Waals surface area contributed by atoms with Crippen molar-refractivity contribution in [3.05, 3.63) is 131 Å². The topological polar surface area (TPSA) is 86.5 Å². The zero-order chi connectivity index (χ0) is 31.3. The van der Waals surface area contributed by atoms with Crippen molar-refractivity contribution in [2.24, 2.45) is 19.1 Å². The SMILES string of the molecule is Cc1c(N=C2S/C(=C\c3c(Cl)cccc3Cl)C(=O)N2c2c(C)n(C)n(-c3ccccc3)c2=O)c(=O)n(-c2ccccc2)n1C. The molecule has 1 aliphatic heterocycles. The third-order valence-corrected chi connectivity index (χ3v) is 9.19. The molecule has 0 aliphatic carbocycles. The molecule has 0 spiro atoms. The van der Waals surface area contributed by atoms with Gasteiger partial charge in [-0.25, -0.2) is 19.3 Å². The number of rotatable bonds is 5. The van der Waals surface area contributed by atoms with Gasteiger partial charge in [-0.2, -0.15) is 0 Å². The van der Waals surface area contributed by atoms with E-state index in [0.717, 1.165) is 11.8 Å². The lowest BCUT2D eigenvalue weighted by molar-refractivity contribution is -0.113. The Bertz CT molecular complexity index is 2100. The third-order valence-electron chi connectivity index (χ3n) is 7.56. The third kappa shape index (κ3) is 4.85. The van der Waals surface area contributed by atoms with Crippen molar-refractivity contribution in [3.63, 3.8) is 0 Å². The molecule has 1 aliphatic rings. The lowest BCUT2D eigenvalue weighted by Crippen LogP contribution is -2.34. The Balaban J connectivity index is 1.58. The highest BCUT2D eigenvalue weighted by atomic mass is 35.5. The number of para-hydroxylation sites is 2. The number of amides is 1. The van der Waals surface area contributed by atoms with Gasteiger partial charge in [0.25, 0.3) is 17.0 Å². The summed E-state index contributed by atoms with van der Waals surface area (Å²) in [6.45, 7) is 3.54. The van der Waals surface area contributed by atoms with E-state index in [0.29, 0.717) is 38.4 Å². The Kier molecular flexibility index (Phi) is 7.75. The molecule has 9 nitrogen and oxygen atoms in total. The lowest BCUT2D eigenvalue weighted by atomic mass is 10.2. The van der Waals surface area contributed by atoms with Gasteiger partial charge in [-0.15, -0.1) is 0 Å². The smallest absolute Gasteiger partial charge is 0.283 e. The first-order valence-corrected chi connectivity index (χ1v) is 15.1. The molecule has 44 heavy (non-hydrogen) atoms. The van der Waals surface area contributed by atoms with E-state index in [1.807, 2.05) is 60.7 Å². The van der Waals surface area contributed by atoms with Crippen LogP contribution in [0.1, 0.15) is 17.0 Å². The van der Waals surface area contributed by atoms with Crippen molar-refractivity contribution < 1.29 is 4.79 Å². The summed E-state index contributed by atoms with van der Waals surface area (Å²) in [4.78, 5) is 48.3. The zero-order valence-corrected chi connectivity index (χ0v) is 26.5. The largest absolute Gasteiger partial charge is 0.297 e. The van der Waals surface area contributed by atoms with Gasteiger partial charge in [-0.3, -0.25) is 23.7 Å². The molecule has 12 heteroatoms. The molecule has 3 heterocycles. The van der Waals surface area contributed by atoms with Crippen molar-refractivity contribution in [1.82, 2.24) is 18.7 Å². The number of thioether (sulfide) groups is 1. The van der Waals surface area contributed by atoms with E-state index in [9.17, 15) is 14.4 Å². The minimum absolute atomic E-state index is 0.123. The van der Waals surface area contributed by atoms with Crippen LogP contribution in [-0.4, -0.2) is 29.8 Å². The number of carbonyl (C=O) groups is 1. The molecule has 1 fully saturated rings. The van der Waals surface area contributed by atoms with Crippen LogP contribution in [0.3, 0.4) is 0 Å². The maximum Gasteiger partial charge on any atom is 0.297 e. The molecule has 2 aromatic heterocycles. The van der Waals surface area contributed by atoms with Crippen LogP contribution in [0, 0.1) is 13.8 Å². The van der Waals surface area contributed by atoms with Crippen molar-refractivity contribution in [2.45, 2.75) is 13.8 Å². The van der Waals surface area contributed by atoms with Crippen LogP contribution >= 0.6 is 35.0 Å². The van der Waals surface area contributed by atoms with Gasteiger partial charge < -0.3 is 0 Å². The van der Waals surface area contributed by atoms with Gasteiger partial charge in [0.2, 0.25) is 0 Å². The number of amidine groups is 1. The molecule has 1 amide bonds. The minimum Gasteiger partial charge on any atom is -0.283 e. The van der Waals surface area contributed by atoms with Crippen LogP contribution in [0.25, 0.3) is 17.5 Å². The van der Waals surface area contributed by atoms with Gasteiger partial charge in [0.15, 0.2) is 10.9 Å². The molecule has 3 aromatic carbocycles. The normalized spacial score (nSPS) is 15.2. The number of hydrogen-bond donors (Lipinski definition) is 0. The Morgan fingerprint density at radius 2 is 1.23 bits per heavy atom. The molecule has 0 radical (unpaired) electrons. The number of nitrogens with zero attached hydrogens (tertiary/aromatic N) is 6. The monoisotopic (exact) mass is 644 g/mol. The summed E-state index contributed by atoms with van der Waals surface area (Å²) < 4.78 is 6.39. The fraction of sp³-hybridized carbons (Fsp3) is 0.125. The Morgan fingerprint density at radius 1 is 0.705 bits per heavy atom. The van der Waals surface area contributed by atoms with Crippen molar-refractivity contribution in [3.8, 4) is 11.4 Å². The summed E-state index contributed by atoms with van der Waals surface area (Å²) >= 11 is 13.9. The first-order chi connectivity index (χ1) is 21.1. The predicted molar refractivity (Wildman–Crippen MR) is 178 cm³/mol. The highest BCUT2D eigenvalue weighted by Crippen LogP contribution is 2.39. The van der Waals surface area contributed by atoms with E-state index in [4.69, 9.17) is 28.2 Å². The molecule has 0 bridgehead atoms. The first-order valence-electron chi connectivity index (χ1n) is 13.5. The average Bonchev–Trinajstić information content (AvgIpc) is 3.52. The fourth-order valence-corrected chi connectivity index (χ4v) is 6.58. The molecular formula is C32H26Cl2N6O3S. The van der Waals surface area contributed by atoms with E-state index in [1.165, 1.54) is 14.3 Å². The standard InChI is InChI=1S/C32H26Cl2N6O3S/c1-19-27(30(42)39(36(19)3)21-12-7-5-8-13-21)35-32-38(29(41)26(44-32)18-23-24(33)16-11-17-25(23)34)28-20(2)37(4)40(31(28)43)22-14-9-6-10-15-22/h5-18H,1-4H3/b26-18-,35-32?. The molecular weight excluding hydrogens is 619 g/mol. The van der Waals surface area contributed by atoms with Gasteiger partial charge in [-0.1, -0.05) is 65.7 Å². The molecule has 6 rings (SSSR count). The second kappa shape index (κ2) is 11.5. The second-order valence-corrected chi connectivity index (χ2v) is 11.9. The van der Waals surface area contributed by atoms with Crippen LogP contribution in [-0.2, 0) is 18.9 Å². The van der Waals surface area contributed by atoms with Crippen molar-refractivity contribution in [2.75, 3.05) is 4.90 Å². The number of benzene rings is 3. The van der Waals surface area contributed by atoms with Crippen LogP contribution in [0.2, 0.25) is 10.0 Å². The summed E-state index contributed by atoms with van der Waals surface area (Å²) in [5.74, 6) is -0.493. The van der Waals surface area contributed by atoms with E-state index >= 15 is 0 Å². The highest BCUT2D eigenvalue weighted by molar-refractivity contribution is 8.19. The summed E-state index contributed by atoms with van der Waals surface area (Å²) in [6, 6.07) is 23.4. The quantitative estimate of drug-likeness (QED) is 0.207. The number of hydrogen-bond acceptors (Lipinski definition) is 5. The van der Waals surface area contributed by atoms with Crippen LogP contribution in [0.15, 0.2) is 98.3 Å². The molecule has 5 aromatic rings. The Labute approximate surface area is 266 Å². The number of aliphatic imine (C=N–C) groups is 1. The average molecular weight is 646 g/mol. The van der Waals surface area contributed by atoms with E-state index in [-0.39, 0.29) is 27.0 Å². The summed E-state index contributed by atoms with van der Waals surface area (Å²) in [5, 5.41) is 0.881. The molecule has 222 valence electrons. The molecule has 0 unspecified atom stereocenters. The summed E-state index contributed by atoms with van der Waals surface area (Å²) in [7, 11) is 3.51. The maximum absolute atomic E-state index is 14.2. The molecule has 0 N–H and O–H groups in total. The van der Waals surface area contributed by atoms with E-state index in [2.05, 4.69) is 0 Å². The number of anilines is 1. The van der Waals surface area contributed by atoms with Gasteiger partial charge in [0, 0.05) is 29.7 Å². The van der Waals surface area contributed by atoms with E-state index < -0.39 is 11.5 Å². The van der Waals surface area contributed by atoms with Gasteiger partial charge in [0.1, 0.15) is 5.69 Å².